The molecule has 5 rings (SSSR count). The van der Waals surface area contributed by atoms with Crippen LogP contribution < -0.4 is 11.1 Å². The normalized spacial score (nSPS) is 43.6. The van der Waals surface area contributed by atoms with E-state index in [0.717, 1.165) is 18.4 Å². The minimum Gasteiger partial charge on any atom is -0.325 e. The van der Waals surface area contributed by atoms with Crippen LogP contribution >= 0.6 is 0 Å². The molecule has 3 N–H and O–H groups in total. The summed E-state index contributed by atoms with van der Waals surface area (Å²) in [5.41, 5.74) is 8.41. The van der Waals surface area contributed by atoms with Crippen molar-refractivity contribution in [2.75, 3.05) is 0 Å². The van der Waals surface area contributed by atoms with Gasteiger partial charge in [0.25, 0.3) is 0 Å². The second kappa shape index (κ2) is 4.03. The van der Waals surface area contributed by atoms with Crippen molar-refractivity contribution in [1.29, 1.82) is 0 Å². The van der Waals surface area contributed by atoms with Crippen LogP contribution in [-0.4, -0.2) is 16.1 Å². The summed E-state index contributed by atoms with van der Waals surface area (Å²) in [5.74, 6) is 1.74. The van der Waals surface area contributed by atoms with E-state index in [1.807, 2.05) is 12.4 Å². The third-order valence-electron chi connectivity index (χ3n) is 5.52. The number of hydrogen-bond donors (Lipinski definition) is 2. The van der Waals surface area contributed by atoms with Gasteiger partial charge in [-0.25, -0.2) is 0 Å². The van der Waals surface area contributed by atoms with Gasteiger partial charge >= 0.3 is 0 Å². The smallest absolute Gasteiger partial charge is 0.0271 e. The van der Waals surface area contributed by atoms with Crippen molar-refractivity contribution in [3.8, 4) is 0 Å². The third-order valence-corrected chi connectivity index (χ3v) is 5.52. The van der Waals surface area contributed by atoms with Crippen molar-refractivity contribution >= 4 is 0 Å². The average Bonchev–Trinajstić information content (AvgIpc) is 2.35. The Balaban J connectivity index is 1.51. The number of aromatic nitrogens is 1. The Hall–Kier alpha value is -0.930. The molecular formula is C16H23N3. The van der Waals surface area contributed by atoms with Crippen LogP contribution in [0.15, 0.2) is 24.5 Å². The Morgan fingerprint density at radius 3 is 2.47 bits per heavy atom. The highest BCUT2D eigenvalue weighted by atomic mass is 15.0. The van der Waals surface area contributed by atoms with Crippen molar-refractivity contribution in [3.05, 3.63) is 30.1 Å². The highest BCUT2D eigenvalue weighted by molar-refractivity contribution is 5.16. The highest BCUT2D eigenvalue weighted by Crippen LogP contribution is 2.56. The van der Waals surface area contributed by atoms with Gasteiger partial charge in [-0.2, -0.15) is 0 Å². The van der Waals surface area contributed by atoms with Crippen LogP contribution in [0.4, 0.5) is 0 Å². The molecule has 2 atom stereocenters. The van der Waals surface area contributed by atoms with E-state index >= 15 is 0 Å². The van der Waals surface area contributed by atoms with Crippen molar-refractivity contribution in [2.45, 2.75) is 56.1 Å². The standard InChI is InChI=1S/C16H23N3/c17-15-6-13-5-14(7-15)9-16(8-13,11-15)19-10-12-1-3-18-4-2-12/h1-4,13-14,19H,5-11,17H2. The van der Waals surface area contributed by atoms with Crippen LogP contribution in [0.5, 0.6) is 0 Å². The van der Waals surface area contributed by atoms with Gasteiger partial charge in [-0.1, -0.05) is 0 Å². The monoisotopic (exact) mass is 257 g/mol. The molecule has 3 nitrogen and oxygen atoms in total. The zero-order valence-electron chi connectivity index (χ0n) is 11.4. The largest absolute Gasteiger partial charge is 0.325 e. The first-order valence-electron chi connectivity index (χ1n) is 7.58. The lowest BCUT2D eigenvalue weighted by atomic mass is 9.50. The topological polar surface area (TPSA) is 50.9 Å². The SMILES string of the molecule is NC12CC3CC(C1)CC(NCc1ccncc1)(C3)C2. The minimum absolute atomic E-state index is 0.134. The van der Waals surface area contributed by atoms with Gasteiger partial charge in [-0.05, 0) is 68.1 Å². The second-order valence-electron chi connectivity index (χ2n) is 7.31. The van der Waals surface area contributed by atoms with Gasteiger partial charge in [0.15, 0.2) is 0 Å². The molecular weight excluding hydrogens is 234 g/mol. The molecule has 4 aliphatic carbocycles. The van der Waals surface area contributed by atoms with E-state index in [9.17, 15) is 0 Å². The zero-order valence-corrected chi connectivity index (χ0v) is 11.4. The molecule has 0 aliphatic heterocycles. The van der Waals surface area contributed by atoms with E-state index in [2.05, 4.69) is 22.4 Å². The summed E-state index contributed by atoms with van der Waals surface area (Å²) in [7, 11) is 0. The molecule has 0 saturated heterocycles. The molecule has 4 aliphatic rings. The lowest BCUT2D eigenvalue weighted by Crippen LogP contribution is -2.67. The number of nitrogens with two attached hydrogens (primary N) is 1. The van der Waals surface area contributed by atoms with E-state index in [1.54, 1.807) is 0 Å². The number of hydrogen-bond acceptors (Lipinski definition) is 3. The molecule has 1 aromatic rings. The second-order valence-corrected chi connectivity index (χ2v) is 7.31. The molecule has 4 fully saturated rings. The molecule has 1 heterocycles. The van der Waals surface area contributed by atoms with Gasteiger partial charge in [-0.3, -0.25) is 4.98 Å². The predicted octanol–water partition coefficient (Wildman–Crippen LogP) is 2.22. The van der Waals surface area contributed by atoms with Crippen LogP contribution in [-0.2, 0) is 6.54 Å². The zero-order chi connectivity index (χ0) is 12.9. The Kier molecular flexibility index (Phi) is 2.52. The molecule has 0 radical (unpaired) electrons. The third kappa shape index (κ3) is 2.09. The van der Waals surface area contributed by atoms with Crippen LogP contribution in [0.1, 0.15) is 44.1 Å². The van der Waals surface area contributed by atoms with Crippen LogP contribution in [0.25, 0.3) is 0 Å². The molecule has 19 heavy (non-hydrogen) atoms. The summed E-state index contributed by atoms with van der Waals surface area (Å²) in [5, 5.41) is 3.86. The van der Waals surface area contributed by atoms with Crippen LogP contribution in [0.2, 0.25) is 0 Å². The summed E-state index contributed by atoms with van der Waals surface area (Å²) < 4.78 is 0. The molecule has 1 aromatic heterocycles. The van der Waals surface area contributed by atoms with E-state index in [4.69, 9.17) is 5.73 Å². The lowest BCUT2D eigenvalue weighted by Gasteiger charge is -2.61. The lowest BCUT2D eigenvalue weighted by molar-refractivity contribution is -0.0364. The molecule has 3 heteroatoms. The average molecular weight is 257 g/mol. The summed E-state index contributed by atoms with van der Waals surface area (Å²) in [6, 6.07) is 4.21. The Morgan fingerprint density at radius 1 is 1.16 bits per heavy atom. The first-order chi connectivity index (χ1) is 9.15. The highest BCUT2D eigenvalue weighted by Gasteiger charge is 2.55. The van der Waals surface area contributed by atoms with Gasteiger partial charge in [0.05, 0.1) is 0 Å². The number of rotatable bonds is 3. The first kappa shape index (κ1) is 11.9. The maximum Gasteiger partial charge on any atom is 0.0271 e. The fourth-order valence-electron chi connectivity index (χ4n) is 5.33. The van der Waals surface area contributed by atoms with Gasteiger partial charge in [0, 0.05) is 30.0 Å². The Morgan fingerprint density at radius 2 is 1.84 bits per heavy atom. The van der Waals surface area contributed by atoms with Crippen molar-refractivity contribution in [1.82, 2.24) is 10.3 Å². The van der Waals surface area contributed by atoms with E-state index < -0.39 is 0 Å². The van der Waals surface area contributed by atoms with Crippen LogP contribution in [0, 0.1) is 11.8 Å². The fraction of sp³-hybridized carbons (Fsp3) is 0.688. The van der Waals surface area contributed by atoms with Crippen molar-refractivity contribution < 1.29 is 0 Å². The molecule has 2 unspecified atom stereocenters. The van der Waals surface area contributed by atoms with Gasteiger partial charge in [0.2, 0.25) is 0 Å². The van der Waals surface area contributed by atoms with Gasteiger partial charge < -0.3 is 11.1 Å². The van der Waals surface area contributed by atoms with Crippen molar-refractivity contribution in [3.63, 3.8) is 0 Å². The molecule has 4 saturated carbocycles. The minimum atomic E-state index is 0.134. The number of nitrogens with zero attached hydrogens (tertiary/aromatic N) is 1. The number of nitrogens with one attached hydrogen (secondary N) is 1. The summed E-state index contributed by atoms with van der Waals surface area (Å²) in [6.07, 6.45) is 11.6. The van der Waals surface area contributed by atoms with Crippen molar-refractivity contribution in [2.24, 2.45) is 17.6 Å². The van der Waals surface area contributed by atoms with Gasteiger partial charge in [0.1, 0.15) is 0 Å². The maximum atomic E-state index is 6.62. The summed E-state index contributed by atoms with van der Waals surface area (Å²) in [6.45, 7) is 0.956. The number of pyridine rings is 1. The molecule has 0 aromatic carbocycles. The molecule has 0 spiro atoms. The Labute approximate surface area is 115 Å². The summed E-state index contributed by atoms with van der Waals surface area (Å²) in [4.78, 5) is 4.08. The van der Waals surface area contributed by atoms with E-state index in [0.29, 0.717) is 5.54 Å². The first-order valence-corrected chi connectivity index (χ1v) is 7.58. The quantitative estimate of drug-likeness (QED) is 0.873. The van der Waals surface area contributed by atoms with E-state index in [-0.39, 0.29) is 5.54 Å². The summed E-state index contributed by atoms with van der Waals surface area (Å²) >= 11 is 0. The van der Waals surface area contributed by atoms with Gasteiger partial charge in [-0.15, -0.1) is 0 Å². The maximum absolute atomic E-state index is 6.62. The van der Waals surface area contributed by atoms with E-state index in [1.165, 1.54) is 44.1 Å². The fourth-order valence-corrected chi connectivity index (χ4v) is 5.33. The molecule has 102 valence electrons. The Bertz CT molecular complexity index is 456. The molecule has 0 amide bonds. The predicted molar refractivity (Wildman–Crippen MR) is 75.4 cm³/mol. The molecule has 4 bridgehead atoms. The van der Waals surface area contributed by atoms with Crippen LogP contribution in [0.3, 0.4) is 0 Å².